The molecule has 0 unspecified atom stereocenters. The van der Waals surface area contributed by atoms with Crippen LogP contribution in [-0.4, -0.2) is 139 Å². The van der Waals surface area contributed by atoms with Crippen molar-refractivity contribution < 1.29 is 83.4 Å². The highest BCUT2D eigenvalue weighted by atomic mass is 32.1. The quantitative estimate of drug-likeness (QED) is 0.0327. The van der Waals surface area contributed by atoms with Crippen molar-refractivity contribution in [2.75, 3.05) is 12.3 Å². The third kappa shape index (κ3) is 20.3. The molecule has 13 N–H and O–H groups in total. The van der Waals surface area contributed by atoms with E-state index < -0.39 is 121 Å². The van der Waals surface area contributed by atoms with E-state index in [0.29, 0.717) is 17.5 Å². The Morgan fingerprint density at radius 3 is 1.48 bits per heavy atom. The van der Waals surface area contributed by atoms with Crippen molar-refractivity contribution >= 4 is 78.2 Å². The molecule has 0 bridgehead atoms. The molecule has 24 nitrogen and oxygen atoms in total. The zero-order chi connectivity index (χ0) is 43.9. The Balaban J connectivity index is 2.62. The van der Waals surface area contributed by atoms with Crippen molar-refractivity contribution in [3.63, 3.8) is 0 Å². The van der Waals surface area contributed by atoms with Gasteiger partial charge < -0.3 is 67.9 Å². The Morgan fingerprint density at radius 2 is 1.00 bits per heavy atom. The summed E-state index contributed by atoms with van der Waals surface area (Å²) in [5, 5.41) is 70.4. The summed E-state index contributed by atoms with van der Waals surface area (Å²) in [5.74, 6) is -12.3. The molecule has 320 valence electrons. The van der Waals surface area contributed by atoms with Gasteiger partial charge in [-0.05, 0) is 36.8 Å². The van der Waals surface area contributed by atoms with Gasteiger partial charge in [-0.25, -0.2) is 24.0 Å². The van der Waals surface area contributed by atoms with Crippen molar-refractivity contribution in [1.29, 1.82) is 0 Å². The van der Waals surface area contributed by atoms with Crippen LogP contribution in [-0.2, 0) is 56.1 Å². The number of rotatable bonds is 27. The molecule has 0 aliphatic rings. The predicted molar refractivity (Wildman–Crippen MR) is 197 cm³/mol. The molecular weight excluding hydrogens is 798 g/mol. The van der Waals surface area contributed by atoms with Gasteiger partial charge in [0.05, 0.1) is 19.3 Å². The Labute approximate surface area is 334 Å². The van der Waals surface area contributed by atoms with Gasteiger partial charge in [0, 0.05) is 25.3 Å². The summed E-state index contributed by atoms with van der Waals surface area (Å²) >= 11 is 3.79. The van der Waals surface area contributed by atoms with Gasteiger partial charge in [-0.1, -0.05) is 24.3 Å². The standard InChI is InChI=1S/C33H45N7O17S/c41-23(36-20(12-25(44)45)27(48)37-21(13-26(46)47)28(49)38-22(15-58)31(54)55)11-16-4-6-17(7-5-16)14-35-32(56)34-10-2-1-3-18(29(50)51)39-33(57)40-19(30(52)53)8-9-24(42)43/h4-7,18-22,58H,1-3,8-15H2,(H,36,41)(H,37,48)(H,38,49)(H,42,43)(H,44,45)(H,46,47)(H,50,51)(H,52,53)(H,54,55)(H2,34,35,56)(H2,39,40,57)/t18-,19-,20-,21-,22-/m0/s1. The third-order valence-electron chi connectivity index (χ3n) is 7.74. The van der Waals surface area contributed by atoms with Crippen molar-refractivity contribution in [3.8, 4) is 0 Å². The molecule has 7 amide bonds. The molecule has 25 heteroatoms. The maximum Gasteiger partial charge on any atom is 0.327 e. The number of hydrogen-bond donors (Lipinski definition) is 14. The molecule has 0 radical (unpaired) electrons. The average molecular weight is 844 g/mol. The van der Waals surface area contributed by atoms with Crippen LogP contribution >= 0.6 is 12.6 Å². The summed E-state index contributed by atoms with van der Waals surface area (Å²) in [6.07, 6.45) is -2.80. The Kier molecular flexibility index (Phi) is 21.7. The number of carbonyl (C=O) groups excluding carboxylic acids is 5. The average Bonchev–Trinajstić information content (AvgIpc) is 3.13. The van der Waals surface area contributed by atoms with E-state index in [-0.39, 0.29) is 38.1 Å². The molecule has 0 aliphatic carbocycles. The Bertz CT molecular complexity index is 1680. The summed E-state index contributed by atoms with van der Waals surface area (Å²) < 4.78 is 0. The van der Waals surface area contributed by atoms with Crippen LogP contribution in [0.1, 0.15) is 56.1 Å². The van der Waals surface area contributed by atoms with Crippen LogP contribution in [0.2, 0.25) is 0 Å². The van der Waals surface area contributed by atoms with Crippen LogP contribution in [0.5, 0.6) is 0 Å². The lowest BCUT2D eigenvalue weighted by Crippen LogP contribution is -2.57. The molecule has 0 heterocycles. The molecule has 1 aromatic carbocycles. The summed E-state index contributed by atoms with van der Waals surface area (Å²) in [6.45, 7) is 0.152. The smallest absolute Gasteiger partial charge is 0.327 e. The van der Waals surface area contributed by atoms with Gasteiger partial charge in [-0.3, -0.25) is 28.8 Å². The summed E-state index contributed by atoms with van der Waals surface area (Å²) in [4.78, 5) is 130. The SMILES string of the molecule is O=C(O)CC[C@H](NC(=O)N[C@@H](CCCCNC(=O)NCc1ccc(CC(=O)N[C@@H](CC(=O)O)C(=O)N[C@@H](CC(=O)O)C(=O)N[C@@H](CS)C(=O)O)cc1)C(=O)O)C(=O)O. The molecule has 1 rings (SSSR count). The summed E-state index contributed by atoms with van der Waals surface area (Å²) in [7, 11) is 0. The van der Waals surface area contributed by atoms with Crippen molar-refractivity contribution in [3.05, 3.63) is 35.4 Å². The molecule has 0 aliphatic heterocycles. The van der Waals surface area contributed by atoms with Gasteiger partial charge >= 0.3 is 47.9 Å². The van der Waals surface area contributed by atoms with E-state index in [0.717, 1.165) is 0 Å². The van der Waals surface area contributed by atoms with Crippen molar-refractivity contribution in [2.45, 2.75) is 88.1 Å². The van der Waals surface area contributed by atoms with E-state index in [9.17, 15) is 68.1 Å². The van der Waals surface area contributed by atoms with Gasteiger partial charge in [0.15, 0.2) is 0 Å². The van der Waals surface area contributed by atoms with Gasteiger partial charge in [0.1, 0.15) is 30.2 Å². The van der Waals surface area contributed by atoms with E-state index >= 15 is 0 Å². The Hall–Kier alpha value is -6.66. The summed E-state index contributed by atoms with van der Waals surface area (Å²) in [5.41, 5.74) is 0.997. The fraction of sp³-hybridized carbons (Fsp3) is 0.485. The number of nitrogens with one attached hydrogen (secondary N) is 7. The van der Waals surface area contributed by atoms with E-state index in [1.807, 2.05) is 16.0 Å². The first-order chi connectivity index (χ1) is 27.2. The molecule has 1 aromatic rings. The summed E-state index contributed by atoms with van der Waals surface area (Å²) in [6, 6.07) is -3.59. The largest absolute Gasteiger partial charge is 0.481 e. The van der Waals surface area contributed by atoms with Crippen LogP contribution in [0.25, 0.3) is 0 Å². The second-order valence-corrected chi connectivity index (χ2v) is 12.8. The third-order valence-corrected chi connectivity index (χ3v) is 8.10. The van der Waals surface area contributed by atoms with E-state index in [4.69, 9.17) is 15.3 Å². The number of unbranched alkanes of at least 4 members (excludes halogenated alkanes) is 1. The maximum absolute atomic E-state index is 12.9. The van der Waals surface area contributed by atoms with Gasteiger partial charge in [-0.2, -0.15) is 12.6 Å². The van der Waals surface area contributed by atoms with Crippen LogP contribution in [0.3, 0.4) is 0 Å². The van der Waals surface area contributed by atoms with Crippen LogP contribution < -0.4 is 37.2 Å². The molecule has 0 fully saturated rings. The van der Waals surface area contributed by atoms with Crippen LogP contribution in [0.4, 0.5) is 9.59 Å². The predicted octanol–water partition coefficient (Wildman–Crippen LogP) is -2.31. The van der Waals surface area contributed by atoms with Gasteiger partial charge in [0.2, 0.25) is 17.7 Å². The number of thiol groups is 1. The fourth-order valence-electron chi connectivity index (χ4n) is 4.76. The van der Waals surface area contributed by atoms with E-state index in [1.165, 1.54) is 12.1 Å². The first-order valence-electron chi connectivity index (χ1n) is 17.2. The molecule has 0 saturated heterocycles. The van der Waals surface area contributed by atoms with Gasteiger partial charge in [0.25, 0.3) is 0 Å². The number of hydrogen-bond acceptors (Lipinski definition) is 12. The molecule has 58 heavy (non-hydrogen) atoms. The van der Waals surface area contributed by atoms with Crippen molar-refractivity contribution in [1.82, 2.24) is 37.2 Å². The number of carboxylic acid groups (broad SMARTS) is 6. The highest BCUT2D eigenvalue weighted by molar-refractivity contribution is 7.80. The molecule has 0 spiro atoms. The lowest BCUT2D eigenvalue weighted by atomic mass is 10.1. The second-order valence-electron chi connectivity index (χ2n) is 12.4. The van der Waals surface area contributed by atoms with Crippen molar-refractivity contribution in [2.24, 2.45) is 0 Å². The number of amides is 7. The van der Waals surface area contributed by atoms with Crippen LogP contribution in [0.15, 0.2) is 24.3 Å². The highest BCUT2D eigenvalue weighted by Gasteiger charge is 2.32. The zero-order valence-electron chi connectivity index (χ0n) is 30.6. The molecule has 0 aromatic heterocycles. The number of carbonyl (C=O) groups is 11. The van der Waals surface area contributed by atoms with E-state index in [2.05, 4.69) is 33.9 Å². The normalized spacial score (nSPS) is 13.1. The number of carboxylic acids is 6. The lowest BCUT2D eigenvalue weighted by molar-refractivity contribution is -0.144. The minimum absolute atomic E-state index is 0.0371. The zero-order valence-corrected chi connectivity index (χ0v) is 31.5. The number of benzene rings is 1. The molecule has 5 atom stereocenters. The number of urea groups is 2. The van der Waals surface area contributed by atoms with E-state index in [1.54, 1.807) is 12.1 Å². The molecule has 0 saturated carbocycles. The topological polar surface area (TPSA) is 393 Å². The Morgan fingerprint density at radius 1 is 0.517 bits per heavy atom. The first kappa shape index (κ1) is 49.4. The minimum atomic E-state index is -1.83. The monoisotopic (exact) mass is 843 g/mol. The lowest BCUT2D eigenvalue weighted by Gasteiger charge is -2.22. The second kappa shape index (κ2) is 25.5. The minimum Gasteiger partial charge on any atom is -0.481 e. The molecular formula is C33H45N7O17S. The van der Waals surface area contributed by atoms with Gasteiger partial charge in [-0.15, -0.1) is 0 Å². The van der Waals surface area contributed by atoms with Crippen LogP contribution in [0, 0.1) is 0 Å². The highest BCUT2D eigenvalue weighted by Crippen LogP contribution is 2.08. The number of aliphatic carboxylic acids is 6. The fourth-order valence-corrected chi connectivity index (χ4v) is 5.01. The first-order valence-corrected chi connectivity index (χ1v) is 17.9. The maximum atomic E-state index is 12.9.